The number of aliphatic hydroxyl groups excluding tert-OH is 1. The van der Waals surface area contributed by atoms with E-state index in [9.17, 15) is 5.11 Å². The van der Waals surface area contributed by atoms with Crippen molar-refractivity contribution in [1.29, 1.82) is 0 Å². The molecule has 2 atom stereocenters. The Morgan fingerprint density at radius 3 is 2.21 bits per heavy atom. The van der Waals surface area contributed by atoms with Crippen LogP contribution in [0.25, 0.3) is 0 Å². The van der Waals surface area contributed by atoms with Gasteiger partial charge < -0.3 is 10.8 Å². The van der Waals surface area contributed by atoms with Gasteiger partial charge in [0.05, 0.1) is 6.10 Å². The second kappa shape index (κ2) is 9.47. The lowest BCUT2D eigenvalue weighted by atomic mass is 9.99. The van der Waals surface area contributed by atoms with Crippen LogP contribution in [0.1, 0.15) is 58.8 Å². The molecule has 0 aromatic carbocycles. The van der Waals surface area contributed by atoms with Crippen LogP contribution < -0.4 is 5.73 Å². The summed E-state index contributed by atoms with van der Waals surface area (Å²) in [5, 5.41) is 9.64. The van der Waals surface area contributed by atoms with Gasteiger partial charge in [-0.25, -0.2) is 0 Å². The molecule has 0 aliphatic rings. The zero-order valence-electron chi connectivity index (χ0n) is 9.84. The first-order valence-electron chi connectivity index (χ1n) is 6.10. The van der Waals surface area contributed by atoms with E-state index in [0.717, 1.165) is 12.8 Å². The highest BCUT2D eigenvalue weighted by molar-refractivity contribution is 4.64. The first-order chi connectivity index (χ1) is 6.72. The van der Waals surface area contributed by atoms with Gasteiger partial charge in [0.2, 0.25) is 0 Å². The Labute approximate surface area is 88.9 Å². The molecule has 0 aliphatic carbocycles. The van der Waals surface area contributed by atoms with Gasteiger partial charge in [-0.2, -0.15) is 0 Å². The van der Waals surface area contributed by atoms with E-state index in [2.05, 4.69) is 6.92 Å². The van der Waals surface area contributed by atoms with E-state index in [4.69, 9.17) is 5.73 Å². The molecular weight excluding hydrogens is 174 g/mol. The van der Waals surface area contributed by atoms with Gasteiger partial charge in [0.25, 0.3) is 0 Å². The minimum Gasteiger partial charge on any atom is -0.393 e. The Hall–Kier alpha value is -0.0800. The van der Waals surface area contributed by atoms with E-state index in [1.807, 2.05) is 6.92 Å². The van der Waals surface area contributed by atoms with Gasteiger partial charge >= 0.3 is 0 Å². The molecule has 0 aromatic rings. The molecule has 0 fully saturated rings. The van der Waals surface area contributed by atoms with Gasteiger partial charge in [-0.3, -0.25) is 0 Å². The first-order valence-corrected chi connectivity index (χ1v) is 6.10. The highest BCUT2D eigenvalue weighted by atomic mass is 16.3. The summed E-state index contributed by atoms with van der Waals surface area (Å²) in [4.78, 5) is 0. The average Bonchev–Trinajstić information content (AvgIpc) is 2.21. The topological polar surface area (TPSA) is 46.2 Å². The van der Waals surface area contributed by atoms with E-state index in [-0.39, 0.29) is 12.0 Å². The molecule has 0 saturated carbocycles. The normalized spacial score (nSPS) is 15.4. The summed E-state index contributed by atoms with van der Waals surface area (Å²) in [6, 6.07) is 0. The van der Waals surface area contributed by atoms with Crippen molar-refractivity contribution in [3.63, 3.8) is 0 Å². The molecule has 0 rings (SSSR count). The number of rotatable bonds is 9. The third kappa shape index (κ3) is 7.34. The largest absolute Gasteiger partial charge is 0.393 e. The van der Waals surface area contributed by atoms with Gasteiger partial charge in [-0.1, -0.05) is 52.4 Å². The second-order valence-electron chi connectivity index (χ2n) is 4.34. The molecule has 0 aliphatic heterocycles. The van der Waals surface area contributed by atoms with Crippen molar-refractivity contribution < 1.29 is 5.11 Å². The molecule has 2 unspecified atom stereocenters. The summed E-state index contributed by atoms with van der Waals surface area (Å²) in [6.07, 6.45) is 8.45. The lowest BCUT2D eigenvalue weighted by molar-refractivity contribution is 0.108. The lowest BCUT2D eigenvalue weighted by Crippen LogP contribution is -2.24. The van der Waals surface area contributed by atoms with Crippen LogP contribution in [-0.2, 0) is 0 Å². The number of nitrogens with two attached hydrogens (primary N) is 1. The third-order valence-electron chi connectivity index (χ3n) is 2.88. The minimum atomic E-state index is -0.189. The molecule has 86 valence electrons. The van der Waals surface area contributed by atoms with Crippen molar-refractivity contribution in [2.45, 2.75) is 64.9 Å². The summed E-state index contributed by atoms with van der Waals surface area (Å²) in [5.41, 5.74) is 5.48. The van der Waals surface area contributed by atoms with Crippen LogP contribution in [0.2, 0.25) is 0 Å². The number of aliphatic hydroxyl groups is 1. The average molecular weight is 201 g/mol. The summed E-state index contributed by atoms with van der Waals surface area (Å²) < 4.78 is 0. The molecule has 14 heavy (non-hydrogen) atoms. The van der Waals surface area contributed by atoms with E-state index < -0.39 is 0 Å². The molecule has 0 amide bonds. The quantitative estimate of drug-likeness (QED) is 0.563. The van der Waals surface area contributed by atoms with Gasteiger partial charge in [0, 0.05) is 0 Å². The Morgan fingerprint density at radius 1 is 1.07 bits per heavy atom. The molecular formula is C12H27NO. The van der Waals surface area contributed by atoms with Crippen LogP contribution >= 0.6 is 0 Å². The number of hydrogen-bond donors (Lipinski definition) is 2. The lowest BCUT2D eigenvalue weighted by Gasteiger charge is -2.16. The maximum atomic E-state index is 9.64. The summed E-state index contributed by atoms with van der Waals surface area (Å²) in [5.74, 6) is 0.255. The molecule has 0 radical (unpaired) electrons. The fourth-order valence-corrected chi connectivity index (χ4v) is 1.58. The second-order valence-corrected chi connectivity index (χ2v) is 4.34. The molecule has 2 nitrogen and oxygen atoms in total. The van der Waals surface area contributed by atoms with Gasteiger partial charge in [0.15, 0.2) is 0 Å². The molecule has 0 spiro atoms. The van der Waals surface area contributed by atoms with Crippen molar-refractivity contribution in [3.05, 3.63) is 0 Å². The zero-order valence-corrected chi connectivity index (χ0v) is 9.84. The predicted molar refractivity (Wildman–Crippen MR) is 62.2 cm³/mol. The first kappa shape index (κ1) is 13.9. The fourth-order valence-electron chi connectivity index (χ4n) is 1.58. The molecule has 0 bridgehead atoms. The molecule has 0 heterocycles. The van der Waals surface area contributed by atoms with Crippen LogP contribution in [0.3, 0.4) is 0 Å². The van der Waals surface area contributed by atoms with Gasteiger partial charge in [-0.15, -0.1) is 0 Å². The van der Waals surface area contributed by atoms with Gasteiger partial charge in [-0.05, 0) is 18.9 Å². The maximum absolute atomic E-state index is 9.64. The SMILES string of the molecule is CCCCCCCCC(O)C(C)CN. The van der Waals surface area contributed by atoms with E-state index in [1.165, 1.54) is 32.1 Å². The highest BCUT2D eigenvalue weighted by Gasteiger charge is 2.11. The Bertz CT molecular complexity index is 117. The van der Waals surface area contributed by atoms with Crippen LogP contribution in [0.15, 0.2) is 0 Å². The van der Waals surface area contributed by atoms with Crippen LogP contribution in [0.5, 0.6) is 0 Å². The van der Waals surface area contributed by atoms with Crippen molar-refractivity contribution in [2.24, 2.45) is 11.7 Å². The van der Waals surface area contributed by atoms with Crippen molar-refractivity contribution in [2.75, 3.05) is 6.54 Å². The minimum absolute atomic E-state index is 0.189. The Morgan fingerprint density at radius 2 is 1.64 bits per heavy atom. The molecule has 0 aromatic heterocycles. The zero-order chi connectivity index (χ0) is 10.8. The summed E-state index contributed by atoms with van der Waals surface area (Å²) in [6.45, 7) is 4.84. The Kier molecular flexibility index (Phi) is 9.42. The molecule has 0 saturated heterocycles. The Balaban J connectivity index is 3.18. The summed E-state index contributed by atoms with van der Waals surface area (Å²) >= 11 is 0. The van der Waals surface area contributed by atoms with Crippen molar-refractivity contribution in [3.8, 4) is 0 Å². The highest BCUT2D eigenvalue weighted by Crippen LogP contribution is 2.12. The number of hydrogen-bond acceptors (Lipinski definition) is 2. The van der Waals surface area contributed by atoms with Crippen LogP contribution in [-0.4, -0.2) is 17.8 Å². The number of unbranched alkanes of at least 4 members (excludes halogenated alkanes) is 5. The van der Waals surface area contributed by atoms with Crippen LogP contribution in [0, 0.1) is 5.92 Å². The van der Waals surface area contributed by atoms with Gasteiger partial charge in [0.1, 0.15) is 0 Å². The molecule has 2 heteroatoms. The fraction of sp³-hybridized carbons (Fsp3) is 1.00. The van der Waals surface area contributed by atoms with E-state index in [0.29, 0.717) is 6.54 Å². The van der Waals surface area contributed by atoms with Crippen LogP contribution in [0.4, 0.5) is 0 Å². The summed E-state index contributed by atoms with van der Waals surface area (Å²) in [7, 11) is 0. The maximum Gasteiger partial charge on any atom is 0.0577 e. The van der Waals surface area contributed by atoms with E-state index in [1.54, 1.807) is 0 Å². The third-order valence-corrected chi connectivity index (χ3v) is 2.88. The van der Waals surface area contributed by atoms with Crippen molar-refractivity contribution >= 4 is 0 Å². The molecule has 3 N–H and O–H groups in total. The monoisotopic (exact) mass is 201 g/mol. The predicted octanol–water partition coefficient (Wildman–Crippen LogP) is 2.69. The standard InChI is InChI=1S/C12H27NO/c1-3-4-5-6-7-8-9-12(14)11(2)10-13/h11-12,14H,3-10,13H2,1-2H3. The smallest absolute Gasteiger partial charge is 0.0577 e. The van der Waals surface area contributed by atoms with E-state index >= 15 is 0 Å². The van der Waals surface area contributed by atoms with Crippen molar-refractivity contribution in [1.82, 2.24) is 0 Å².